The number of carbonyl (C=O) groups is 1. The molecule has 1 aliphatic heterocycles. The zero-order valence-electron chi connectivity index (χ0n) is 13.0. The van der Waals surface area contributed by atoms with Gasteiger partial charge in [0.25, 0.3) is 0 Å². The Kier molecular flexibility index (Phi) is 6.01. The van der Waals surface area contributed by atoms with Crippen molar-refractivity contribution in [3.05, 3.63) is 29.8 Å². The number of halogens is 3. The van der Waals surface area contributed by atoms with Gasteiger partial charge in [0.2, 0.25) is 5.91 Å². The van der Waals surface area contributed by atoms with Gasteiger partial charge >= 0.3 is 6.18 Å². The number of ether oxygens (including phenoxy) is 1. The third-order valence-electron chi connectivity index (χ3n) is 3.71. The summed E-state index contributed by atoms with van der Waals surface area (Å²) in [5, 5.41) is 2.34. The van der Waals surface area contributed by atoms with Gasteiger partial charge in [0, 0.05) is 13.2 Å². The molecule has 4 nitrogen and oxygen atoms in total. The summed E-state index contributed by atoms with van der Waals surface area (Å²) in [7, 11) is 1.76. The Hall–Kier alpha value is -1.60. The lowest BCUT2D eigenvalue weighted by molar-refractivity contribution is -0.137. The first-order chi connectivity index (χ1) is 10.9. The molecule has 7 heteroatoms. The van der Waals surface area contributed by atoms with Crippen molar-refractivity contribution in [3.63, 3.8) is 0 Å². The summed E-state index contributed by atoms with van der Waals surface area (Å²) in [5.74, 6) is -0.472. The average Bonchev–Trinajstić information content (AvgIpc) is 2.47. The molecule has 1 aromatic rings. The molecule has 1 heterocycles. The van der Waals surface area contributed by atoms with Crippen LogP contribution in [-0.2, 0) is 15.7 Å². The smallest absolute Gasteiger partial charge is 0.377 e. The third-order valence-corrected chi connectivity index (χ3v) is 3.71. The Labute approximate surface area is 133 Å². The van der Waals surface area contributed by atoms with E-state index in [1.165, 1.54) is 18.2 Å². The van der Waals surface area contributed by atoms with Crippen molar-refractivity contribution < 1.29 is 22.7 Å². The first-order valence-electron chi connectivity index (χ1n) is 7.62. The third kappa shape index (κ3) is 5.51. The number of nitrogens with one attached hydrogen (secondary N) is 1. The maximum Gasteiger partial charge on any atom is 0.418 e. The van der Waals surface area contributed by atoms with Crippen LogP contribution >= 0.6 is 0 Å². The van der Waals surface area contributed by atoms with E-state index in [9.17, 15) is 18.0 Å². The molecule has 0 unspecified atom stereocenters. The molecule has 1 atom stereocenters. The molecule has 1 aliphatic rings. The van der Waals surface area contributed by atoms with Crippen LogP contribution in [0.3, 0.4) is 0 Å². The van der Waals surface area contributed by atoms with Crippen LogP contribution < -0.4 is 5.32 Å². The quantitative estimate of drug-likeness (QED) is 0.902. The number of nitrogens with zero attached hydrogens (tertiary/aromatic N) is 1. The van der Waals surface area contributed by atoms with E-state index in [1.807, 2.05) is 0 Å². The molecule has 0 spiro atoms. The summed E-state index contributed by atoms with van der Waals surface area (Å²) in [6.07, 6.45) is -1.31. The standard InChI is InChI=1S/C16H21F3N2O2/c1-21(10-12-6-4-5-9-23-12)11-15(22)20-14-8-3-2-7-13(14)16(17,18)19/h2-3,7-8,12H,4-6,9-11H2,1H3,(H,20,22)/t12-/m1/s1. The number of hydrogen-bond donors (Lipinski definition) is 1. The molecule has 0 aromatic heterocycles. The number of carbonyl (C=O) groups excluding carboxylic acids is 1. The normalized spacial score (nSPS) is 18.9. The van der Waals surface area contributed by atoms with Gasteiger partial charge in [-0.15, -0.1) is 0 Å². The fraction of sp³-hybridized carbons (Fsp3) is 0.562. The predicted octanol–water partition coefficient (Wildman–Crippen LogP) is 3.14. The number of amides is 1. The number of alkyl halides is 3. The van der Waals surface area contributed by atoms with Gasteiger partial charge in [0.15, 0.2) is 0 Å². The lowest BCUT2D eigenvalue weighted by Crippen LogP contribution is -2.38. The summed E-state index contributed by atoms with van der Waals surface area (Å²) in [4.78, 5) is 13.7. The summed E-state index contributed by atoms with van der Waals surface area (Å²) in [6, 6.07) is 4.97. The monoisotopic (exact) mass is 330 g/mol. The van der Waals surface area contributed by atoms with Gasteiger partial charge in [-0.05, 0) is 38.4 Å². The van der Waals surface area contributed by atoms with Gasteiger partial charge < -0.3 is 10.1 Å². The highest BCUT2D eigenvalue weighted by atomic mass is 19.4. The summed E-state index contributed by atoms with van der Waals surface area (Å²) < 4.78 is 44.3. The van der Waals surface area contributed by atoms with Gasteiger partial charge in [-0.2, -0.15) is 13.2 Å². The average molecular weight is 330 g/mol. The van der Waals surface area contributed by atoms with Crippen LogP contribution in [0.2, 0.25) is 0 Å². The van der Waals surface area contributed by atoms with Crippen molar-refractivity contribution in [3.8, 4) is 0 Å². The van der Waals surface area contributed by atoms with E-state index < -0.39 is 17.6 Å². The molecule has 128 valence electrons. The Bertz CT molecular complexity index is 528. The van der Waals surface area contributed by atoms with Crippen LogP contribution in [0, 0.1) is 0 Å². The summed E-state index contributed by atoms with van der Waals surface area (Å²) in [6.45, 7) is 1.34. The Morgan fingerprint density at radius 3 is 2.74 bits per heavy atom. The van der Waals surface area contributed by atoms with Crippen LogP contribution in [-0.4, -0.2) is 43.7 Å². The second-order valence-corrected chi connectivity index (χ2v) is 5.78. The second-order valence-electron chi connectivity index (χ2n) is 5.78. The zero-order chi connectivity index (χ0) is 16.9. The van der Waals surface area contributed by atoms with Crippen molar-refractivity contribution in [1.29, 1.82) is 0 Å². The van der Waals surface area contributed by atoms with Gasteiger partial charge in [0.05, 0.1) is 23.9 Å². The Balaban J connectivity index is 1.89. The molecule has 0 bridgehead atoms. The van der Waals surface area contributed by atoms with E-state index in [0.29, 0.717) is 6.54 Å². The molecule has 1 saturated heterocycles. The minimum Gasteiger partial charge on any atom is -0.377 e. The van der Waals surface area contributed by atoms with Gasteiger partial charge in [-0.3, -0.25) is 9.69 Å². The summed E-state index contributed by atoms with van der Waals surface area (Å²) in [5.41, 5.74) is -1.06. The molecule has 2 rings (SSSR count). The van der Waals surface area contributed by atoms with E-state index >= 15 is 0 Å². The predicted molar refractivity (Wildman–Crippen MR) is 81.2 cm³/mol. The zero-order valence-corrected chi connectivity index (χ0v) is 13.0. The molecule has 1 amide bonds. The highest BCUT2D eigenvalue weighted by Crippen LogP contribution is 2.34. The molecule has 1 N–H and O–H groups in total. The van der Waals surface area contributed by atoms with Gasteiger partial charge in [-0.1, -0.05) is 12.1 Å². The highest BCUT2D eigenvalue weighted by Gasteiger charge is 2.33. The van der Waals surface area contributed by atoms with Crippen LogP contribution in [0.5, 0.6) is 0 Å². The molecule has 1 fully saturated rings. The maximum absolute atomic E-state index is 12.9. The number of para-hydroxylation sites is 1. The first-order valence-corrected chi connectivity index (χ1v) is 7.62. The van der Waals surface area contributed by atoms with E-state index in [0.717, 1.165) is 31.9 Å². The maximum atomic E-state index is 12.9. The van der Waals surface area contributed by atoms with Gasteiger partial charge in [0.1, 0.15) is 0 Å². The number of hydrogen-bond acceptors (Lipinski definition) is 3. The van der Waals surface area contributed by atoms with Crippen LogP contribution in [0.25, 0.3) is 0 Å². The van der Waals surface area contributed by atoms with Crippen LogP contribution in [0.4, 0.5) is 18.9 Å². The van der Waals surface area contributed by atoms with Crippen LogP contribution in [0.1, 0.15) is 24.8 Å². The van der Waals surface area contributed by atoms with Crippen LogP contribution in [0.15, 0.2) is 24.3 Å². The molecule has 0 aliphatic carbocycles. The summed E-state index contributed by atoms with van der Waals surface area (Å²) >= 11 is 0. The molecule has 1 aromatic carbocycles. The van der Waals surface area contributed by atoms with E-state index in [4.69, 9.17) is 4.74 Å². The Morgan fingerprint density at radius 2 is 2.09 bits per heavy atom. The van der Waals surface area contributed by atoms with E-state index in [2.05, 4.69) is 5.32 Å². The number of benzene rings is 1. The largest absolute Gasteiger partial charge is 0.418 e. The number of likely N-dealkylation sites (N-methyl/N-ethyl adjacent to an activating group) is 1. The lowest BCUT2D eigenvalue weighted by atomic mass is 10.1. The first kappa shape index (κ1) is 17.7. The fourth-order valence-corrected chi connectivity index (χ4v) is 2.64. The van der Waals surface area contributed by atoms with Crippen molar-refractivity contribution in [1.82, 2.24) is 4.90 Å². The second kappa shape index (κ2) is 7.79. The van der Waals surface area contributed by atoms with Crippen molar-refractivity contribution in [2.24, 2.45) is 0 Å². The minimum atomic E-state index is -4.49. The van der Waals surface area contributed by atoms with E-state index in [1.54, 1.807) is 11.9 Å². The molecule has 0 saturated carbocycles. The fourth-order valence-electron chi connectivity index (χ4n) is 2.64. The number of anilines is 1. The molecule has 0 radical (unpaired) electrons. The molecule has 23 heavy (non-hydrogen) atoms. The molecular formula is C16H21F3N2O2. The lowest BCUT2D eigenvalue weighted by Gasteiger charge is -2.27. The highest BCUT2D eigenvalue weighted by molar-refractivity contribution is 5.93. The number of rotatable bonds is 5. The van der Waals surface area contributed by atoms with Crippen molar-refractivity contribution in [2.45, 2.75) is 31.5 Å². The topological polar surface area (TPSA) is 41.6 Å². The van der Waals surface area contributed by atoms with E-state index in [-0.39, 0.29) is 18.3 Å². The molecular weight excluding hydrogens is 309 g/mol. The Morgan fingerprint density at radius 1 is 1.35 bits per heavy atom. The van der Waals surface area contributed by atoms with Gasteiger partial charge in [-0.25, -0.2) is 0 Å². The van der Waals surface area contributed by atoms with Crippen molar-refractivity contribution >= 4 is 11.6 Å². The minimum absolute atomic E-state index is 0.0199. The SMILES string of the molecule is CN(CC(=O)Nc1ccccc1C(F)(F)F)C[C@H]1CCCCO1. The van der Waals surface area contributed by atoms with Crippen molar-refractivity contribution in [2.75, 3.05) is 32.1 Å².